The van der Waals surface area contributed by atoms with Crippen molar-refractivity contribution in [3.05, 3.63) is 87.6 Å². The second-order valence-corrected chi connectivity index (χ2v) is 10.1. The van der Waals surface area contributed by atoms with E-state index in [9.17, 15) is 13.4 Å². The van der Waals surface area contributed by atoms with Gasteiger partial charge in [0.1, 0.15) is 5.82 Å². The van der Waals surface area contributed by atoms with Crippen molar-refractivity contribution in [2.75, 3.05) is 10.5 Å². The minimum atomic E-state index is -2.46. The monoisotopic (exact) mass is 437 g/mol. The number of fused-ring (bicyclic) bond motifs is 3. The molecule has 2 atom stereocenters. The molecule has 31 heavy (non-hydrogen) atoms. The lowest BCUT2D eigenvalue weighted by Crippen LogP contribution is -2.17. The molecule has 4 rings (SSSR count). The van der Waals surface area contributed by atoms with E-state index in [1.165, 1.54) is 16.7 Å². The minimum absolute atomic E-state index is 0.117. The first-order valence-corrected chi connectivity index (χ1v) is 11.9. The Morgan fingerprint density at radius 3 is 2.52 bits per heavy atom. The molecule has 0 saturated heterocycles. The van der Waals surface area contributed by atoms with Gasteiger partial charge in [-0.05, 0) is 60.3 Å². The van der Waals surface area contributed by atoms with Gasteiger partial charge in [0.15, 0.2) is 0 Å². The number of hydrogen-bond donors (Lipinski definition) is 1. The van der Waals surface area contributed by atoms with Crippen LogP contribution in [0.15, 0.2) is 64.5 Å². The molecule has 2 aromatic carbocycles. The van der Waals surface area contributed by atoms with Gasteiger partial charge in [-0.25, -0.2) is 8.60 Å². The van der Waals surface area contributed by atoms with E-state index in [4.69, 9.17) is 4.99 Å². The lowest BCUT2D eigenvalue weighted by atomic mass is 9.92. The van der Waals surface area contributed by atoms with Gasteiger partial charge < -0.3 is 9.29 Å². The zero-order valence-electron chi connectivity index (χ0n) is 17.7. The molecule has 0 spiro atoms. The molecule has 7 heteroatoms. The highest BCUT2D eigenvalue weighted by molar-refractivity contribution is 8.01. The molecular formula is C24H24FN3O2S. The number of nitrogens with zero attached hydrogens (tertiary/aromatic N) is 2. The molecule has 2 heterocycles. The fourth-order valence-electron chi connectivity index (χ4n) is 3.71. The van der Waals surface area contributed by atoms with E-state index < -0.39 is 9.71 Å². The maximum Gasteiger partial charge on any atom is 0.250 e. The van der Waals surface area contributed by atoms with Crippen LogP contribution in [0.3, 0.4) is 0 Å². The van der Waals surface area contributed by atoms with E-state index in [0.717, 1.165) is 27.8 Å². The number of nitrogens with one attached hydrogen (secondary N) is 1. The first-order chi connectivity index (χ1) is 14.7. The Balaban J connectivity index is 2.00. The minimum Gasteiger partial charge on any atom is -0.318 e. The molecule has 1 N–H and O–H groups in total. The lowest BCUT2D eigenvalue weighted by Gasteiger charge is -2.16. The van der Waals surface area contributed by atoms with Crippen molar-refractivity contribution < 1.29 is 8.60 Å². The van der Waals surface area contributed by atoms with Crippen LogP contribution in [-0.4, -0.2) is 26.1 Å². The number of benzene rings is 2. The first kappa shape index (κ1) is 21.1. The third kappa shape index (κ3) is 4.05. The third-order valence-electron chi connectivity index (χ3n) is 5.49. The maximum absolute atomic E-state index is 13.5. The summed E-state index contributed by atoms with van der Waals surface area (Å²) in [5.74, 6) is 3.86. The summed E-state index contributed by atoms with van der Waals surface area (Å²) in [6.07, 6.45) is 1.81. The van der Waals surface area contributed by atoms with Crippen molar-refractivity contribution in [3.63, 3.8) is 0 Å². The van der Waals surface area contributed by atoms with E-state index in [2.05, 4.69) is 10.6 Å². The lowest BCUT2D eigenvalue weighted by molar-refractivity contribution is 0.628. The number of aryl methyl sites for hydroxylation is 1. The molecular weight excluding hydrogens is 413 g/mol. The molecule has 0 amide bonds. The fourth-order valence-corrected chi connectivity index (χ4v) is 4.41. The van der Waals surface area contributed by atoms with Crippen molar-refractivity contribution in [2.24, 2.45) is 12.0 Å². The number of anilines is 1. The van der Waals surface area contributed by atoms with Crippen LogP contribution in [0.4, 0.5) is 10.1 Å². The molecule has 1 aliphatic heterocycles. The van der Waals surface area contributed by atoms with Crippen LogP contribution in [0.25, 0.3) is 11.1 Å². The van der Waals surface area contributed by atoms with Crippen LogP contribution < -0.4 is 10.3 Å². The van der Waals surface area contributed by atoms with Crippen LogP contribution in [0.2, 0.25) is 0 Å². The molecule has 0 aliphatic carbocycles. The quantitative estimate of drug-likeness (QED) is 0.623. The Kier molecular flexibility index (Phi) is 5.31. The van der Waals surface area contributed by atoms with E-state index in [0.29, 0.717) is 17.2 Å². The van der Waals surface area contributed by atoms with Crippen molar-refractivity contribution in [3.8, 4) is 11.1 Å². The van der Waals surface area contributed by atoms with Gasteiger partial charge in [0, 0.05) is 57.1 Å². The van der Waals surface area contributed by atoms with Gasteiger partial charge >= 0.3 is 0 Å². The van der Waals surface area contributed by atoms with Crippen molar-refractivity contribution in [2.45, 2.75) is 19.9 Å². The largest absolute Gasteiger partial charge is 0.318 e. The molecule has 0 bridgehead atoms. The normalized spacial score (nSPS) is 17.0. The molecule has 5 nitrogen and oxygen atoms in total. The van der Waals surface area contributed by atoms with E-state index in [1.807, 2.05) is 32.0 Å². The summed E-state index contributed by atoms with van der Waals surface area (Å²) >= 11 is 0. The highest BCUT2D eigenvalue weighted by atomic mass is 32.2. The Hall–Kier alpha value is -3.19. The molecule has 0 radical (unpaired) electrons. The van der Waals surface area contributed by atoms with E-state index in [1.54, 1.807) is 31.4 Å². The second-order valence-electron chi connectivity index (χ2n) is 7.72. The molecule has 1 aliphatic rings. The predicted octanol–water partition coefficient (Wildman–Crippen LogP) is 4.17. The summed E-state index contributed by atoms with van der Waals surface area (Å²) in [4.78, 5) is 17.3. The number of hydrogen-bond acceptors (Lipinski definition) is 3. The highest BCUT2D eigenvalue weighted by Crippen LogP contribution is 2.38. The van der Waals surface area contributed by atoms with Gasteiger partial charge in [0.05, 0.1) is 11.8 Å². The summed E-state index contributed by atoms with van der Waals surface area (Å²) in [6.45, 7) is 3.75. The molecule has 0 saturated carbocycles. The van der Waals surface area contributed by atoms with Crippen LogP contribution in [-0.2, 0) is 16.8 Å². The zero-order chi connectivity index (χ0) is 22.3. The Bertz CT molecular complexity index is 1360. The predicted molar refractivity (Wildman–Crippen MR) is 127 cm³/mol. The molecule has 3 aromatic rings. The molecule has 0 fully saturated rings. The number of halogens is 1. The third-order valence-corrected chi connectivity index (χ3v) is 7.03. The topological polar surface area (TPSA) is 63.5 Å². The van der Waals surface area contributed by atoms with Gasteiger partial charge in [-0.2, -0.15) is 0 Å². The summed E-state index contributed by atoms with van der Waals surface area (Å²) in [5.41, 5.74) is 5.45. The Labute approximate surface area is 181 Å². The van der Waals surface area contributed by atoms with Gasteiger partial charge in [-0.3, -0.25) is 9.79 Å². The maximum atomic E-state index is 13.5. The zero-order valence-corrected chi connectivity index (χ0v) is 18.5. The number of aromatic nitrogens is 1. The smallest absolute Gasteiger partial charge is 0.250 e. The first-order valence-electron chi connectivity index (χ1n) is 10.0. The number of pyridine rings is 1. The van der Waals surface area contributed by atoms with Gasteiger partial charge in [-0.1, -0.05) is 13.0 Å². The SMILES string of the molecule is C=S(=O)(CC)Nc1ccc2c(c1)-c1cn(C)c(=O)cc1[C@H](C)N=C2c1ccc(F)cc1. The van der Waals surface area contributed by atoms with Crippen molar-refractivity contribution >= 4 is 27.0 Å². The van der Waals surface area contributed by atoms with Crippen LogP contribution in [0.1, 0.15) is 36.6 Å². The average molecular weight is 438 g/mol. The average Bonchev–Trinajstić information content (AvgIpc) is 2.84. The van der Waals surface area contributed by atoms with E-state index >= 15 is 0 Å². The number of rotatable bonds is 4. The Morgan fingerprint density at radius 2 is 1.84 bits per heavy atom. The van der Waals surface area contributed by atoms with Gasteiger partial charge in [0.25, 0.3) is 5.56 Å². The van der Waals surface area contributed by atoms with Crippen molar-refractivity contribution in [1.29, 1.82) is 0 Å². The molecule has 1 aromatic heterocycles. The fraction of sp³-hybridized carbons (Fsp3) is 0.208. The van der Waals surface area contributed by atoms with Gasteiger partial charge in [-0.15, -0.1) is 0 Å². The Morgan fingerprint density at radius 1 is 1.13 bits per heavy atom. The summed E-state index contributed by atoms with van der Waals surface area (Å²) in [5, 5.41) is 0. The summed E-state index contributed by atoms with van der Waals surface area (Å²) < 4.78 is 30.6. The summed E-state index contributed by atoms with van der Waals surface area (Å²) in [7, 11) is -0.749. The van der Waals surface area contributed by atoms with Crippen molar-refractivity contribution in [1.82, 2.24) is 4.57 Å². The van der Waals surface area contributed by atoms with Crippen LogP contribution in [0, 0.1) is 5.82 Å². The standard InChI is InChI=1S/C24H24FN3O2S/c1-5-31(4,30)27-18-10-11-19-21(12-18)22-14-28(3)23(29)13-20(22)15(2)26-24(19)16-6-8-17(25)9-7-16/h6-15H,4-5H2,1-3H3,(H,27,30)/t15-,31?/m0/s1. The van der Waals surface area contributed by atoms with E-state index in [-0.39, 0.29) is 17.4 Å². The second kappa shape index (κ2) is 7.81. The van der Waals surface area contributed by atoms with Crippen LogP contribution >= 0.6 is 0 Å². The van der Waals surface area contributed by atoms with Crippen LogP contribution in [0.5, 0.6) is 0 Å². The number of aliphatic imine (C=N–C) groups is 1. The molecule has 1 unspecified atom stereocenters. The highest BCUT2D eigenvalue weighted by Gasteiger charge is 2.24. The molecule has 160 valence electrons. The summed E-state index contributed by atoms with van der Waals surface area (Å²) in [6, 6.07) is 13.2. The van der Waals surface area contributed by atoms with Gasteiger partial charge in [0.2, 0.25) is 0 Å².